The molecule has 1 saturated heterocycles. The van der Waals surface area contributed by atoms with Crippen LogP contribution in [0, 0.1) is 5.92 Å². The number of imidazole rings is 1. The first-order chi connectivity index (χ1) is 14.4. The fourth-order valence-corrected chi connectivity index (χ4v) is 3.41. The van der Waals surface area contributed by atoms with E-state index in [0.29, 0.717) is 38.4 Å². The van der Waals surface area contributed by atoms with Gasteiger partial charge in [-0.2, -0.15) is 0 Å². The normalized spacial score (nSPS) is 16.1. The monoisotopic (exact) mass is 414 g/mol. The molecule has 0 bridgehead atoms. The van der Waals surface area contributed by atoms with Crippen molar-refractivity contribution in [2.45, 2.75) is 25.3 Å². The largest absolute Gasteiger partial charge is 0.480 e. The minimum atomic E-state index is -1.13. The van der Waals surface area contributed by atoms with Crippen molar-refractivity contribution in [1.29, 1.82) is 0 Å². The van der Waals surface area contributed by atoms with Crippen LogP contribution in [0.2, 0.25) is 0 Å². The lowest BCUT2D eigenvalue weighted by molar-refractivity contribution is -0.138. The highest BCUT2D eigenvalue weighted by molar-refractivity contribution is 5.97. The van der Waals surface area contributed by atoms with Crippen molar-refractivity contribution in [3.8, 4) is 0 Å². The standard InChI is InChI=1S/C21H26N4O5/c22-17(21(28)29)12-16-13-23-20(24-16)19(27)15(10-14-4-2-1-3-5-14)11-18(26)25-6-8-30-9-7-25/h1-5,13,15,17H,6-12,22H2,(H,23,24)(H,28,29). The lowest BCUT2D eigenvalue weighted by Gasteiger charge is -2.28. The van der Waals surface area contributed by atoms with Gasteiger partial charge in [0.05, 0.1) is 13.2 Å². The third kappa shape index (κ3) is 5.74. The molecule has 0 aliphatic carbocycles. The van der Waals surface area contributed by atoms with Crippen molar-refractivity contribution >= 4 is 17.7 Å². The van der Waals surface area contributed by atoms with Crippen LogP contribution in [0.3, 0.4) is 0 Å². The lowest BCUT2D eigenvalue weighted by atomic mass is 9.91. The molecule has 1 amide bonds. The van der Waals surface area contributed by atoms with E-state index in [0.717, 1.165) is 5.56 Å². The molecular weight excluding hydrogens is 388 g/mol. The zero-order valence-electron chi connectivity index (χ0n) is 16.6. The maximum Gasteiger partial charge on any atom is 0.320 e. The first-order valence-electron chi connectivity index (χ1n) is 9.90. The van der Waals surface area contributed by atoms with E-state index in [2.05, 4.69) is 9.97 Å². The van der Waals surface area contributed by atoms with Gasteiger partial charge in [0.2, 0.25) is 11.7 Å². The molecule has 9 heteroatoms. The lowest BCUT2D eigenvalue weighted by Crippen LogP contribution is -2.42. The van der Waals surface area contributed by atoms with Gasteiger partial charge in [0.25, 0.3) is 0 Å². The van der Waals surface area contributed by atoms with Crippen LogP contribution in [0.5, 0.6) is 0 Å². The fraction of sp³-hybridized carbons (Fsp3) is 0.429. The number of carboxylic acids is 1. The molecule has 2 unspecified atom stereocenters. The molecule has 0 saturated carbocycles. The Morgan fingerprint density at radius 2 is 1.87 bits per heavy atom. The molecule has 2 aromatic rings. The van der Waals surface area contributed by atoms with Gasteiger partial charge in [0.1, 0.15) is 6.04 Å². The molecule has 30 heavy (non-hydrogen) atoms. The molecule has 3 rings (SSSR count). The maximum atomic E-state index is 13.2. The van der Waals surface area contributed by atoms with E-state index in [1.165, 1.54) is 6.20 Å². The smallest absolute Gasteiger partial charge is 0.320 e. The average Bonchev–Trinajstić information content (AvgIpc) is 3.22. The molecule has 9 nitrogen and oxygen atoms in total. The summed E-state index contributed by atoms with van der Waals surface area (Å²) in [6.45, 7) is 2.02. The second-order valence-corrected chi connectivity index (χ2v) is 7.35. The second kappa shape index (κ2) is 10.1. The summed E-state index contributed by atoms with van der Waals surface area (Å²) < 4.78 is 5.29. The van der Waals surface area contributed by atoms with E-state index in [9.17, 15) is 14.4 Å². The zero-order valence-corrected chi connectivity index (χ0v) is 16.6. The molecule has 1 aromatic heterocycles. The summed E-state index contributed by atoms with van der Waals surface area (Å²) in [5, 5.41) is 8.96. The Kier molecular flexibility index (Phi) is 7.31. The number of Topliss-reactive ketones (excluding diaryl/α,β-unsaturated/α-hetero) is 1. The summed E-state index contributed by atoms with van der Waals surface area (Å²) in [5.74, 6) is -1.98. The van der Waals surface area contributed by atoms with Crippen molar-refractivity contribution in [3.63, 3.8) is 0 Å². The highest BCUT2D eigenvalue weighted by Gasteiger charge is 2.28. The number of carboxylic acid groups (broad SMARTS) is 1. The number of ether oxygens (including phenoxy) is 1. The highest BCUT2D eigenvalue weighted by atomic mass is 16.5. The molecule has 4 N–H and O–H groups in total. The molecule has 1 aromatic carbocycles. The van der Waals surface area contributed by atoms with Crippen molar-refractivity contribution in [3.05, 3.63) is 53.6 Å². The number of benzene rings is 1. The highest BCUT2D eigenvalue weighted by Crippen LogP contribution is 2.19. The summed E-state index contributed by atoms with van der Waals surface area (Å²) in [5.41, 5.74) is 6.97. The Morgan fingerprint density at radius 3 is 2.53 bits per heavy atom. The van der Waals surface area contributed by atoms with Crippen LogP contribution >= 0.6 is 0 Å². The van der Waals surface area contributed by atoms with E-state index in [-0.39, 0.29) is 30.4 Å². The van der Waals surface area contributed by atoms with Gasteiger partial charge in [-0.15, -0.1) is 0 Å². The van der Waals surface area contributed by atoms with Gasteiger partial charge < -0.3 is 25.5 Å². The number of nitrogens with two attached hydrogens (primary N) is 1. The van der Waals surface area contributed by atoms with Crippen LogP contribution in [-0.4, -0.2) is 70.0 Å². The number of hydrogen-bond donors (Lipinski definition) is 3. The second-order valence-electron chi connectivity index (χ2n) is 7.35. The number of aliphatic carboxylic acids is 1. The molecule has 2 heterocycles. The maximum absolute atomic E-state index is 13.2. The fourth-order valence-electron chi connectivity index (χ4n) is 3.41. The minimum Gasteiger partial charge on any atom is -0.480 e. The third-order valence-electron chi connectivity index (χ3n) is 5.10. The van der Waals surface area contributed by atoms with Gasteiger partial charge in [0.15, 0.2) is 5.82 Å². The van der Waals surface area contributed by atoms with Gasteiger partial charge in [0, 0.05) is 43.7 Å². The Morgan fingerprint density at radius 1 is 1.17 bits per heavy atom. The van der Waals surface area contributed by atoms with Crippen molar-refractivity contribution in [2.75, 3.05) is 26.3 Å². The molecule has 1 fully saturated rings. The molecule has 1 aliphatic rings. The number of rotatable bonds is 9. The SMILES string of the molecule is NC(Cc1cnc(C(=O)C(CC(=O)N2CCOCC2)Cc2ccccc2)[nH]1)C(=O)O. The van der Waals surface area contributed by atoms with E-state index in [4.69, 9.17) is 15.6 Å². The van der Waals surface area contributed by atoms with E-state index in [1.807, 2.05) is 30.3 Å². The van der Waals surface area contributed by atoms with Gasteiger partial charge in [-0.05, 0) is 12.0 Å². The molecule has 0 spiro atoms. The summed E-state index contributed by atoms with van der Waals surface area (Å²) in [4.78, 5) is 45.6. The predicted molar refractivity (Wildman–Crippen MR) is 108 cm³/mol. The predicted octanol–water partition coefficient (Wildman–Crippen LogP) is 0.655. The minimum absolute atomic E-state index is 0.0334. The Hall–Kier alpha value is -3.04. The van der Waals surface area contributed by atoms with Gasteiger partial charge in [-0.25, -0.2) is 4.98 Å². The summed E-state index contributed by atoms with van der Waals surface area (Å²) in [6, 6.07) is 8.41. The molecule has 2 atom stereocenters. The number of nitrogens with one attached hydrogen (secondary N) is 1. The van der Waals surface area contributed by atoms with Crippen molar-refractivity contribution in [1.82, 2.24) is 14.9 Å². The number of morpholine rings is 1. The number of nitrogens with zero attached hydrogens (tertiary/aromatic N) is 2. The van der Waals surface area contributed by atoms with E-state index in [1.54, 1.807) is 4.90 Å². The number of aromatic nitrogens is 2. The van der Waals surface area contributed by atoms with Crippen molar-refractivity contribution in [2.24, 2.45) is 11.7 Å². The number of carbonyl (C=O) groups excluding carboxylic acids is 2. The topological polar surface area (TPSA) is 139 Å². The molecule has 0 radical (unpaired) electrons. The first kappa shape index (κ1) is 21.7. The van der Waals surface area contributed by atoms with Gasteiger partial charge in [-0.1, -0.05) is 30.3 Å². The number of aromatic amines is 1. The van der Waals surface area contributed by atoms with Crippen LogP contribution < -0.4 is 5.73 Å². The Labute approximate surface area is 174 Å². The van der Waals surface area contributed by atoms with E-state index < -0.39 is 17.9 Å². The number of carbonyl (C=O) groups is 3. The number of hydrogen-bond acceptors (Lipinski definition) is 6. The first-order valence-corrected chi connectivity index (χ1v) is 9.90. The van der Waals surface area contributed by atoms with Crippen LogP contribution in [0.15, 0.2) is 36.5 Å². The quantitative estimate of drug-likeness (QED) is 0.512. The third-order valence-corrected chi connectivity index (χ3v) is 5.10. The molecular formula is C21H26N4O5. The van der Waals surface area contributed by atoms with Crippen LogP contribution in [0.25, 0.3) is 0 Å². The molecule has 160 valence electrons. The summed E-state index contributed by atoms with van der Waals surface area (Å²) in [7, 11) is 0. The van der Waals surface area contributed by atoms with Gasteiger partial charge >= 0.3 is 5.97 Å². The van der Waals surface area contributed by atoms with Crippen LogP contribution in [-0.2, 0) is 27.2 Å². The number of ketones is 1. The summed E-state index contributed by atoms with van der Waals surface area (Å²) in [6.07, 6.45) is 1.92. The summed E-state index contributed by atoms with van der Waals surface area (Å²) >= 11 is 0. The van der Waals surface area contributed by atoms with Crippen LogP contribution in [0.1, 0.15) is 28.3 Å². The number of amides is 1. The Bertz CT molecular complexity index is 877. The van der Waals surface area contributed by atoms with Crippen molar-refractivity contribution < 1.29 is 24.2 Å². The zero-order chi connectivity index (χ0) is 21.5. The molecule has 1 aliphatic heterocycles. The van der Waals surface area contributed by atoms with Crippen LogP contribution in [0.4, 0.5) is 0 Å². The average molecular weight is 414 g/mol. The van der Waals surface area contributed by atoms with Gasteiger partial charge in [-0.3, -0.25) is 14.4 Å². The number of H-pyrrole nitrogens is 1. The van der Waals surface area contributed by atoms with E-state index >= 15 is 0 Å². The Balaban J connectivity index is 1.75.